The minimum atomic E-state index is -0.479. The van der Waals surface area contributed by atoms with Crippen LogP contribution in [0.25, 0.3) is 0 Å². The predicted molar refractivity (Wildman–Crippen MR) is 92.2 cm³/mol. The predicted octanol–water partition coefficient (Wildman–Crippen LogP) is 4.04. The summed E-state index contributed by atoms with van der Waals surface area (Å²) in [7, 11) is 1.30. The number of amides is 1. The van der Waals surface area contributed by atoms with Crippen LogP contribution in [0.15, 0.2) is 47.3 Å². The summed E-state index contributed by atoms with van der Waals surface area (Å²) in [6.45, 7) is 0. The van der Waals surface area contributed by atoms with E-state index in [2.05, 4.69) is 15.0 Å². The summed E-state index contributed by atoms with van der Waals surface area (Å²) in [4.78, 5) is 28.3. The van der Waals surface area contributed by atoms with Gasteiger partial charge in [0.05, 0.1) is 12.8 Å². The lowest BCUT2D eigenvalue weighted by molar-refractivity contribution is 0.0607. The highest BCUT2D eigenvalue weighted by molar-refractivity contribution is 7.12. The zero-order valence-corrected chi connectivity index (χ0v) is 14.1. The van der Waals surface area contributed by atoms with Gasteiger partial charge in [0, 0.05) is 17.1 Å². The van der Waals surface area contributed by atoms with E-state index in [0.29, 0.717) is 27.1 Å². The smallest absolute Gasteiger partial charge is 0.350 e. The number of benzene rings is 1. The van der Waals surface area contributed by atoms with E-state index in [1.165, 1.54) is 29.8 Å². The molecule has 0 fully saturated rings. The van der Waals surface area contributed by atoms with E-state index < -0.39 is 5.97 Å². The van der Waals surface area contributed by atoms with E-state index in [9.17, 15) is 9.59 Å². The van der Waals surface area contributed by atoms with Crippen molar-refractivity contribution in [1.82, 2.24) is 4.98 Å². The molecule has 0 radical (unpaired) electrons. The minimum absolute atomic E-state index is 0.320. The van der Waals surface area contributed by atoms with Gasteiger partial charge in [-0.2, -0.15) is 0 Å². The van der Waals surface area contributed by atoms with E-state index >= 15 is 0 Å². The highest BCUT2D eigenvalue weighted by atomic mass is 32.1. The van der Waals surface area contributed by atoms with Crippen LogP contribution in [-0.2, 0) is 4.74 Å². The number of carbonyl (C=O) groups is 2. The Labute approximate surface area is 145 Å². The Balaban J connectivity index is 1.69. The third-order valence-corrected chi connectivity index (χ3v) is 4.56. The summed E-state index contributed by atoms with van der Waals surface area (Å²) in [5.74, 6) is -0.209. The molecule has 2 aromatic heterocycles. The fourth-order valence-corrected chi connectivity index (χ4v) is 3.16. The molecular weight excluding hydrogens is 348 g/mol. The van der Waals surface area contributed by atoms with Crippen molar-refractivity contribution in [3.63, 3.8) is 0 Å². The van der Waals surface area contributed by atoms with Crippen LogP contribution in [0.1, 0.15) is 20.0 Å². The summed E-state index contributed by atoms with van der Waals surface area (Å²) in [5.41, 5.74) is 0.878. The lowest BCUT2D eigenvalue weighted by Crippen LogP contribution is -2.13. The maximum atomic E-state index is 12.3. The van der Waals surface area contributed by atoms with Crippen molar-refractivity contribution in [3.05, 3.63) is 57.7 Å². The van der Waals surface area contributed by atoms with Gasteiger partial charge in [0.1, 0.15) is 10.6 Å². The number of ether oxygens (including phenoxy) is 2. The molecule has 1 amide bonds. The topological polar surface area (TPSA) is 77.5 Å². The van der Waals surface area contributed by atoms with Crippen molar-refractivity contribution in [2.75, 3.05) is 12.4 Å². The zero-order valence-electron chi connectivity index (χ0n) is 12.5. The van der Waals surface area contributed by atoms with Crippen molar-refractivity contribution in [1.29, 1.82) is 0 Å². The van der Waals surface area contributed by atoms with E-state index in [1.54, 1.807) is 41.9 Å². The van der Waals surface area contributed by atoms with Crippen LogP contribution in [-0.4, -0.2) is 24.0 Å². The van der Waals surface area contributed by atoms with Gasteiger partial charge in [-0.15, -0.1) is 11.3 Å². The van der Waals surface area contributed by atoms with E-state index in [0.717, 1.165) is 0 Å². The average molecular weight is 360 g/mol. The third kappa shape index (κ3) is 3.61. The molecule has 0 atom stereocenters. The van der Waals surface area contributed by atoms with E-state index in [4.69, 9.17) is 4.74 Å². The summed E-state index contributed by atoms with van der Waals surface area (Å²) >= 11 is 2.59. The normalized spacial score (nSPS) is 10.2. The van der Waals surface area contributed by atoms with Gasteiger partial charge >= 0.3 is 5.97 Å². The lowest BCUT2D eigenvalue weighted by Gasteiger charge is -2.06. The maximum Gasteiger partial charge on any atom is 0.350 e. The van der Waals surface area contributed by atoms with Crippen LogP contribution in [0.2, 0.25) is 0 Å². The van der Waals surface area contributed by atoms with Crippen LogP contribution in [0.4, 0.5) is 5.69 Å². The number of thiazole rings is 1. The van der Waals surface area contributed by atoms with Crippen molar-refractivity contribution in [3.8, 4) is 10.9 Å². The second-order valence-corrected chi connectivity index (χ2v) is 6.31. The van der Waals surface area contributed by atoms with Gasteiger partial charge in [0.25, 0.3) is 11.1 Å². The molecule has 8 heteroatoms. The number of hydrogen-bond acceptors (Lipinski definition) is 7. The summed E-state index contributed by atoms with van der Waals surface area (Å²) in [6, 6.07) is 8.32. The molecule has 1 N–H and O–H groups in total. The largest absolute Gasteiger partial charge is 0.465 e. The number of thiophene rings is 1. The Kier molecular flexibility index (Phi) is 4.88. The minimum Gasteiger partial charge on any atom is -0.465 e. The molecule has 122 valence electrons. The lowest BCUT2D eigenvalue weighted by atomic mass is 10.2. The Morgan fingerprint density at radius 3 is 2.54 bits per heavy atom. The van der Waals surface area contributed by atoms with Crippen LogP contribution in [0, 0.1) is 0 Å². The number of aromatic nitrogens is 1. The Morgan fingerprint density at radius 2 is 1.88 bits per heavy atom. The molecule has 0 unspecified atom stereocenters. The van der Waals surface area contributed by atoms with Crippen LogP contribution >= 0.6 is 22.7 Å². The molecule has 3 aromatic rings. The number of anilines is 1. The number of methoxy groups -OCH3 is 1. The van der Waals surface area contributed by atoms with Gasteiger partial charge in [-0.3, -0.25) is 4.79 Å². The van der Waals surface area contributed by atoms with Crippen molar-refractivity contribution in [2.24, 2.45) is 0 Å². The van der Waals surface area contributed by atoms with Crippen molar-refractivity contribution in [2.45, 2.75) is 0 Å². The first kappa shape index (κ1) is 16.2. The number of hydrogen-bond donors (Lipinski definition) is 1. The number of esters is 1. The van der Waals surface area contributed by atoms with E-state index in [-0.39, 0.29) is 5.91 Å². The van der Waals surface area contributed by atoms with Gasteiger partial charge < -0.3 is 14.8 Å². The first-order valence-corrected chi connectivity index (χ1v) is 8.58. The Hall–Kier alpha value is -2.71. The SMILES string of the molecule is COC(=O)c1sccc1NC(=O)c1ccc(Oc2nccs2)cc1. The summed E-state index contributed by atoms with van der Waals surface area (Å²) in [6.07, 6.45) is 1.65. The molecular formula is C16H12N2O4S2. The number of rotatable bonds is 5. The molecule has 2 heterocycles. The molecule has 0 saturated heterocycles. The second-order valence-electron chi connectivity index (χ2n) is 4.53. The van der Waals surface area contributed by atoms with Gasteiger partial charge in [0.15, 0.2) is 0 Å². The summed E-state index contributed by atoms with van der Waals surface area (Å²) in [5, 5.41) is 6.77. The standard InChI is InChI=1S/C16H12N2O4S2/c1-21-15(20)13-12(6-8-23-13)18-14(19)10-2-4-11(5-3-10)22-16-17-7-9-24-16/h2-9H,1H3,(H,18,19). The zero-order chi connectivity index (χ0) is 16.9. The molecule has 1 aromatic carbocycles. The maximum absolute atomic E-state index is 12.3. The molecule has 0 aliphatic rings. The van der Waals surface area contributed by atoms with Crippen molar-refractivity contribution >= 4 is 40.2 Å². The highest BCUT2D eigenvalue weighted by Gasteiger charge is 2.16. The van der Waals surface area contributed by atoms with Crippen LogP contribution in [0.3, 0.4) is 0 Å². The molecule has 0 bridgehead atoms. The number of nitrogens with zero attached hydrogens (tertiary/aromatic N) is 1. The molecule has 0 spiro atoms. The Bertz CT molecular complexity index is 841. The molecule has 0 saturated carbocycles. The monoisotopic (exact) mass is 360 g/mol. The summed E-state index contributed by atoms with van der Waals surface area (Å²) < 4.78 is 10.2. The fraction of sp³-hybridized carbons (Fsp3) is 0.0625. The molecule has 3 rings (SSSR count). The van der Waals surface area contributed by atoms with Crippen LogP contribution < -0.4 is 10.1 Å². The van der Waals surface area contributed by atoms with Crippen molar-refractivity contribution < 1.29 is 19.1 Å². The first-order valence-electron chi connectivity index (χ1n) is 6.82. The molecule has 6 nitrogen and oxygen atoms in total. The molecule has 0 aliphatic carbocycles. The van der Waals surface area contributed by atoms with Gasteiger partial charge in [0.2, 0.25) is 0 Å². The molecule has 24 heavy (non-hydrogen) atoms. The number of nitrogens with one attached hydrogen (secondary N) is 1. The first-order chi connectivity index (χ1) is 11.7. The quantitative estimate of drug-likeness (QED) is 0.695. The number of carbonyl (C=O) groups excluding carboxylic acids is 2. The third-order valence-electron chi connectivity index (χ3n) is 3.02. The fourth-order valence-electron chi connectivity index (χ4n) is 1.89. The molecule has 0 aliphatic heterocycles. The van der Waals surface area contributed by atoms with Gasteiger partial charge in [-0.05, 0) is 35.7 Å². The highest BCUT2D eigenvalue weighted by Crippen LogP contribution is 2.25. The van der Waals surface area contributed by atoms with E-state index in [1.807, 2.05) is 5.38 Å². The van der Waals surface area contributed by atoms with Crippen LogP contribution in [0.5, 0.6) is 10.9 Å². The Morgan fingerprint density at radius 1 is 1.08 bits per heavy atom. The average Bonchev–Trinajstić information content (AvgIpc) is 3.26. The van der Waals surface area contributed by atoms with Gasteiger partial charge in [-0.25, -0.2) is 9.78 Å². The second kappa shape index (κ2) is 7.24. The van der Waals surface area contributed by atoms with Gasteiger partial charge in [-0.1, -0.05) is 11.3 Å².